The van der Waals surface area contributed by atoms with E-state index in [2.05, 4.69) is 16.8 Å². The second-order valence-electron chi connectivity index (χ2n) is 4.11. The minimum atomic E-state index is -0.709. The molecule has 0 heterocycles. The van der Waals surface area contributed by atoms with Gasteiger partial charge in [0.1, 0.15) is 0 Å². The summed E-state index contributed by atoms with van der Waals surface area (Å²) >= 11 is -0.709. The van der Waals surface area contributed by atoms with Crippen LogP contribution in [-0.4, -0.2) is 20.0 Å². The maximum atomic E-state index is 7.76. The standard InChI is InChI=1S/C11H20IN/c1-8(10-5-6-10)11(9(2)13)7-12(3)4/h10,13H,5-7H2,1-4H3/b11-8+,13-9?. The molecule has 1 fully saturated rings. The summed E-state index contributed by atoms with van der Waals surface area (Å²) in [5, 5.41) is 7.76. The first-order valence-electron chi connectivity index (χ1n) is 4.73. The van der Waals surface area contributed by atoms with Gasteiger partial charge in [-0.15, -0.1) is 0 Å². The minimum absolute atomic E-state index is 0.709. The molecule has 0 aromatic heterocycles. The molecule has 0 unspecified atom stereocenters. The third-order valence-corrected chi connectivity index (χ3v) is 4.81. The van der Waals surface area contributed by atoms with Crippen molar-refractivity contribution in [1.29, 1.82) is 5.41 Å². The zero-order chi connectivity index (χ0) is 10.0. The predicted octanol–water partition coefficient (Wildman–Crippen LogP) is 3.52. The Balaban J connectivity index is 2.75. The van der Waals surface area contributed by atoms with E-state index in [1.807, 2.05) is 6.92 Å². The molecular weight excluding hydrogens is 273 g/mol. The molecule has 1 saturated carbocycles. The maximum absolute atomic E-state index is 7.76. The summed E-state index contributed by atoms with van der Waals surface area (Å²) < 4.78 is 1.24. The summed E-state index contributed by atoms with van der Waals surface area (Å²) in [5.41, 5.74) is 3.73. The second-order valence-corrected chi connectivity index (χ2v) is 10.1. The van der Waals surface area contributed by atoms with Crippen LogP contribution in [0.5, 0.6) is 0 Å². The molecule has 2 heteroatoms. The Morgan fingerprint density at radius 3 is 2.15 bits per heavy atom. The van der Waals surface area contributed by atoms with Crippen molar-refractivity contribution in [2.24, 2.45) is 5.92 Å². The Kier molecular flexibility index (Phi) is 3.95. The molecule has 76 valence electrons. The van der Waals surface area contributed by atoms with Crippen LogP contribution in [0.3, 0.4) is 0 Å². The van der Waals surface area contributed by atoms with Crippen molar-refractivity contribution in [3.05, 3.63) is 11.1 Å². The van der Waals surface area contributed by atoms with Crippen molar-refractivity contribution in [2.75, 3.05) is 14.3 Å². The Morgan fingerprint density at radius 2 is 1.85 bits per heavy atom. The van der Waals surface area contributed by atoms with Gasteiger partial charge in [0.05, 0.1) is 0 Å². The van der Waals surface area contributed by atoms with Crippen LogP contribution in [0, 0.1) is 11.3 Å². The van der Waals surface area contributed by atoms with Gasteiger partial charge >= 0.3 is 89.0 Å². The van der Waals surface area contributed by atoms with Crippen molar-refractivity contribution in [2.45, 2.75) is 26.7 Å². The zero-order valence-corrected chi connectivity index (χ0v) is 11.2. The summed E-state index contributed by atoms with van der Waals surface area (Å²) in [7, 11) is 0. The van der Waals surface area contributed by atoms with Gasteiger partial charge in [-0.1, -0.05) is 0 Å². The number of nitrogens with one attached hydrogen (secondary N) is 1. The Bertz CT molecular complexity index is 236. The first-order valence-corrected chi connectivity index (χ1v) is 10.6. The normalized spacial score (nSPS) is 19.5. The second kappa shape index (κ2) is 4.58. The zero-order valence-electron chi connectivity index (χ0n) is 9.08. The quantitative estimate of drug-likeness (QED) is 0.466. The summed E-state index contributed by atoms with van der Waals surface area (Å²) in [4.78, 5) is 4.76. The summed E-state index contributed by atoms with van der Waals surface area (Å²) in [6.45, 7) is 4.19. The van der Waals surface area contributed by atoms with Crippen molar-refractivity contribution in [3.63, 3.8) is 0 Å². The molecule has 1 nitrogen and oxygen atoms in total. The van der Waals surface area contributed by atoms with Crippen molar-refractivity contribution >= 4 is 25.5 Å². The molecule has 0 spiro atoms. The molecule has 13 heavy (non-hydrogen) atoms. The van der Waals surface area contributed by atoms with Gasteiger partial charge in [-0.3, -0.25) is 0 Å². The van der Waals surface area contributed by atoms with Crippen LogP contribution in [-0.2, 0) is 0 Å². The molecule has 0 aromatic carbocycles. The first kappa shape index (κ1) is 11.2. The number of hydrogen-bond acceptors (Lipinski definition) is 1. The topological polar surface area (TPSA) is 23.9 Å². The monoisotopic (exact) mass is 293 g/mol. The van der Waals surface area contributed by atoms with Gasteiger partial charge in [0.15, 0.2) is 0 Å². The van der Waals surface area contributed by atoms with E-state index in [0.717, 1.165) is 11.6 Å². The van der Waals surface area contributed by atoms with Crippen LogP contribution in [0.4, 0.5) is 0 Å². The Hall–Kier alpha value is 0.140. The van der Waals surface area contributed by atoms with Crippen LogP contribution in [0.25, 0.3) is 0 Å². The predicted molar refractivity (Wildman–Crippen MR) is 69.6 cm³/mol. The fraction of sp³-hybridized carbons (Fsp3) is 0.727. The molecule has 1 aliphatic rings. The summed E-state index contributed by atoms with van der Waals surface area (Å²) in [5.74, 6) is 0.839. The first-order chi connectivity index (χ1) is 6.02. The van der Waals surface area contributed by atoms with Crippen molar-refractivity contribution in [1.82, 2.24) is 0 Å². The fourth-order valence-corrected chi connectivity index (χ4v) is 4.23. The van der Waals surface area contributed by atoms with Gasteiger partial charge in [0.25, 0.3) is 0 Å². The van der Waals surface area contributed by atoms with Gasteiger partial charge in [0, 0.05) is 0 Å². The summed E-state index contributed by atoms with van der Waals surface area (Å²) in [6.07, 6.45) is 2.73. The van der Waals surface area contributed by atoms with Crippen LogP contribution >= 0.6 is 19.8 Å². The third-order valence-electron chi connectivity index (χ3n) is 2.52. The third kappa shape index (κ3) is 3.41. The van der Waals surface area contributed by atoms with E-state index in [9.17, 15) is 0 Å². The van der Waals surface area contributed by atoms with Crippen LogP contribution in [0.2, 0.25) is 0 Å². The van der Waals surface area contributed by atoms with Gasteiger partial charge in [0.2, 0.25) is 0 Å². The van der Waals surface area contributed by atoms with Gasteiger partial charge in [-0.05, 0) is 0 Å². The van der Waals surface area contributed by atoms with E-state index >= 15 is 0 Å². The molecule has 1 N–H and O–H groups in total. The van der Waals surface area contributed by atoms with Gasteiger partial charge < -0.3 is 0 Å². The molecule has 0 radical (unpaired) electrons. The van der Waals surface area contributed by atoms with Crippen LogP contribution < -0.4 is 0 Å². The van der Waals surface area contributed by atoms with E-state index < -0.39 is 19.8 Å². The van der Waals surface area contributed by atoms with E-state index in [0.29, 0.717) is 0 Å². The van der Waals surface area contributed by atoms with Crippen LogP contribution in [0.1, 0.15) is 26.7 Å². The molecular formula is C11H20IN. The number of alkyl halides is 3. The molecule has 0 amide bonds. The fourth-order valence-electron chi connectivity index (χ4n) is 1.53. The molecule has 0 saturated heterocycles. The SMILES string of the molecule is CC(=N)/C(CI(C)C)=C(\C)C1CC1. The van der Waals surface area contributed by atoms with E-state index in [1.54, 1.807) is 0 Å². The van der Waals surface area contributed by atoms with Gasteiger partial charge in [-0.25, -0.2) is 0 Å². The molecule has 1 aliphatic carbocycles. The average Bonchev–Trinajstić information content (AvgIpc) is 2.80. The molecule has 0 bridgehead atoms. The summed E-state index contributed by atoms with van der Waals surface area (Å²) in [6, 6.07) is 0. The number of allylic oxidation sites excluding steroid dienone is 2. The van der Waals surface area contributed by atoms with Crippen molar-refractivity contribution in [3.8, 4) is 0 Å². The average molecular weight is 293 g/mol. The number of hydrogen-bond donors (Lipinski definition) is 1. The molecule has 0 atom stereocenters. The van der Waals surface area contributed by atoms with E-state index in [4.69, 9.17) is 5.41 Å². The number of rotatable bonds is 4. The number of halogens is 1. The van der Waals surface area contributed by atoms with E-state index in [1.165, 1.54) is 28.4 Å². The molecule has 1 rings (SSSR count). The van der Waals surface area contributed by atoms with Gasteiger partial charge in [-0.2, -0.15) is 0 Å². The Morgan fingerprint density at radius 1 is 1.31 bits per heavy atom. The van der Waals surface area contributed by atoms with Crippen LogP contribution in [0.15, 0.2) is 11.1 Å². The van der Waals surface area contributed by atoms with E-state index in [-0.39, 0.29) is 0 Å². The Labute approximate surface area is 88.9 Å². The molecule has 0 aromatic rings. The molecule has 0 aliphatic heterocycles. The van der Waals surface area contributed by atoms with Crippen molar-refractivity contribution < 1.29 is 0 Å².